The van der Waals surface area contributed by atoms with Gasteiger partial charge in [-0.3, -0.25) is 4.79 Å². The lowest BCUT2D eigenvalue weighted by atomic mass is 10.1. The minimum absolute atomic E-state index is 0.277. The number of aryl methyl sites for hydroxylation is 1. The predicted octanol–water partition coefficient (Wildman–Crippen LogP) is 3.34. The van der Waals surface area contributed by atoms with Crippen molar-refractivity contribution in [1.29, 1.82) is 0 Å². The summed E-state index contributed by atoms with van der Waals surface area (Å²) < 4.78 is 2.15. The van der Waals surface area contributed by atoms with E-state index in [-0.39, 0.29) is 5.91 Å². The Balaban J connectivity index is 1.35. The van der Waals surface area contributed by atoms with Crippen LogP contribution in [0.2, 0.25) is 0 Å². The van der Waals surface area contributed by atoms with Crippen molar-refractivity contribution in [3.05, 3.63) is 60.7 Å². The Kier molecular flexibility index (Phi) is 6.86. The molecule has 0 radical (unpaired) electrons. The molecule has 10 heteroatoms. The number of imidazole rings is 1. The van der Waals surface area contributed by atoms with Gasteiger partial charge in [-0.1, -0.05) is 13.0 Å². The van der Waals surface area contributed by atoms with E-state index in [0.717, 1.165) is 50.7 Å². The highest BCUT2D eigenvalue weighted by atomic mass is 16.1. The van der Waals surface area contributed by atoms with Gasteiger partial charge in [0.05, 0.1) is 0 Å². The van der Waals surface area contributed by atoms with Gasteiger partial charge in [0.1, 0.15) is 23.0 Å². The number of aromatic nitrogens is 4. The van der Waals surface area contributed by atoms with E-state index in [0.29, 0.717) is 35.6 Å². The molecule has 0 saturated carbocycles. The topological polar surface area (TPSA) is 103 Å². The first kappa shape index (κ1) is 23.8. The number of hydrogen-bond donors (Lipinski definition) is 3. The molecule has 0 bridgehead atoms. The highest BCUT2D eigenvalue weighted by molar-refractivity contribution is 5.99. The summed E-state index contributed by atoms with van der Waals surface area (Å²) in [5.74, 6) is 2.63. The Labute approximate surface area is 211 Å². The van der Waals surface area contributed by atoms with E-state index in [1.165, 1.54) is 11.9 Å². The second-order valence-corrected chi connectivity index (χ2v) is 9.41. The molecule has 1 aromatic carbocycles. The highest BCUT2D eigenvalue weighted by Crippen LogP contribution is 2.30. The molecule has 188 valence electrons. The Bertz CT molecular complexity index is 1230. The lowest BCUT2D eigenvalue weighted by Crippen LogP contribution is -2.44. The first-order valence-electron chi connectivity index (χ1n) is 12.4. The van der Waals surface area contributed by atoms with Gasteiger partial charge in [-0.15, -0.1) is 6.58 Å². The zero-order valence-electron chi connectivity index (χ0n) is 20.9. The van der Waals surface area contributed by atoms with E-state index < -0.39 is 0 Å². The van der Waals surface area contributed by atoms with Crippen LogP contribution in [0.1, 0.15) is 35.4 Å². The lowest BCUT2D eigenvalue weighted by molar-refractivity contribution is 0.0958. The Morgan fingerprint density at radius 3 is 2.61 bits per heavy atom. The van der Waals surface area contributed by atoms with Gasteiger partial charge in [-0.05, 0) is 37.7 Å². The molecule has 4 heterocycles. The van der Waals surface area contributed by atoms with Crippen molar-refractivity contribution >= 4 is 34.9 Å². The van der Waals surface area contributed by atoms with Crippen LogP contribution >= 0.6 is 0 Å². The first-order valence-corrected chi connectivity index (χ1v) is 12.4. The van der Waals surface area contributed by atoms with Crippen LogP contribution in [0.15, 0.2) is 49.3 Å². The van der Waals surface area contributed by atoms with E-state index >= 15 is 0 Å². The maximum atomic E-state index is 12.8. The minimum Gasteiger partial charge on any atom is -0.369 e. The quantitative estimate of drug-likeness (QED) is 0.416. The maximum absolute atomic E-state index is 12.8. The number of carbonyl (C=O) groups is 1. The van der Waals surface area contributed by atoms with E-state index in [2.05, 4.69) is 73.0 Å². The fourth-order valence-electron chi connectivity index (χ4n) is 4.56. The van der Waals surface area contributed by atoms with Crippen LogP contribution in [0.3, 0.4) is 0 Å². The molecule has 1 atom stereocenters. The van der Waals surface area contributed by atoms with Gasteiger partial charge in [0.25, 0.3) is 5.91 Å². The molecule has 1 unspecified atom stereocenters. The number of likely N-dealkylation sites (N-methyl/N-ethyl adjacent to an activating group) is 1. The summed E-state index contributed by atoms with van der Waals surface area (Å²) in [5.41, 5.74) is 2.42. The van der Waals surface area contributed by atoms with Crippen molar-refractivity contribution in [2.75, 3.05) is 55.3 Å². The molecule has 2 aliphatic rings. The van der Waals surface area contributed by atoms with Gasteiger partial charge in [-0.25, -0.2) is 9.97 Å². The van der Waals surface area contributed by atoms with Crippen LogP contribution in [-0.4, -0.2) is 70.1 Å². The van der Waals surface area contributed by atoms with Crippen molar-refractivity contribution in [3.8, 4) is 0 Å². The molecule has 10 nitrogen and oxygen atoms in total. The summed E-state index contributed by atoms with van der Waals surface area (Å²) >= 11 is 0. The Morgan fingerprint density at radius 2 is 1.89 bits per heavy atom. The standard InChI is InChI=1S/C26H33N9O/c1-4-10-27-25(36)21-16-28-26(32-23(21)30-22-17-35-11-9-18(2)24(35)31-22)29-19-5-7-20(8-6-19)34-14-12-33(3)13-15-34/h4-8,16-18H,1,9-15H2,2-3H3,(H,27,36)(H2,28,29,30,32). The van der Waals surface area contributed by atoms with E-state index in [1.807, 2.05) is 18.3 Å². The van der Waals surface area contributed by atoms with Crippen LogP contribution in [0.5, 0.6) is 0 Å². The summed E-state index contributed by atoms with van der Waals surface area (Å²) in [6, 6.07) is 8.27. The van der Waals surface area contributed by atoms with E-state index in [1.54, 1.807) is 6.08 Å². The smallest absolute Gasteiger partial charge is 0.256 e. The molecule has 36 heavy (non-hydrogen) atoms. The largest absolute Gasteiger partial charge is 0.369 e. The molecule has 5 rings (SSSR count). The number of nitrogens with zero attached hydrogens (tertiary/aromatic N) is 6. The zero-order chi connectivity index (χ0) is 25.1. The molecule has 3 N–H and O–H groups in total. The number of piperazine rings is 1. The second kappa shape index (κ2) is 10.4. The lowest BCUT2D eigenvalue weighted by Gasteiger charge is -2.34. The average molecular weight is 488 g/mol. The number of hydrogen-bond acceptors (Lipinski definition) is 8. The van der Waals surface area contributed by atoms with Gasteiger partial charge in [0, 0.05) is 69.0 Å². The summed E-state index contributed by atoms with van der Waals surface area (Å²) in [6.45, 7) is 11.3. The van der Waals surface area contributed by atoms with Crippen molar-refractivity contribution in [3.63, 3.8) is 0 Å². The number of carbonyl (C=O) groups excluding carboxylic acids is 1. The fourth-order valence-corrected chi connectivity index (χ4v) is 4.56. The van der Waals surface area contributed by atoms with Gasteiger partial charge in [0.15, 0.2) is 0 Å². The molecule has 0 spiro atoms. The normalized spacial score (nSPS) is 17.5. The van der Waals surface area contributed by atoms with Crippen molar-refractivity contribution in [2.24, 2.45) is 0 Å². The molecule has 2 aromatic heterocycles. The zero-order valence-corrected chi connectivity index (χ0v) is 20.9. The molecular weight excluding hydrogens is 454 g/mol. The molecule has 1 saturated heterocycles. The van der Waals surface area contributed by atoms with Crippen LogP contribution in [-0.2, 0) is 6.54 Å². The monoisotopic (exact) mass is 487 g/mol. The van der Waals surface area contributed by atoms with Crippen molar-refractivity contribution < 1.29 is 4.79 Å². The number of rotatable bonds is 8. The van der Waals surface area contributed by atoms with Crippen molar-refractivity contribution in [1.82, 2.24) is 29.7 Å². The third-order valence-corrected chi connectivity index (χ3v) is 6.73. The minimum atomic E-state index is -0.277. The molecule has 1 amide bonds. The second-order valence-electron chi connectivity index (χ2n) is 9.41. The Morgan fingerprint density at radius 1 is 1.11 bits per heavy atom. The highest BCUT2D eigenvalue weighted by Gasteiger charge is 2.23. The summed E-state index contributed by atoms with van der Waals surface area (Å²) in [6.07, 6.45) is 6.22. The molecule has 0 aliphatic carbocycles. The van der Waals surface area contributed by atoms with E-state index in [4.69, 9.17) is 4.98 Å². The van der Waals surface area contributed by atoms with Crippen LogP contribution in [0, 0.1) is 0 Å². The number of anilines is 5. The van der Waals surface area contributed by atoms with Gasteiger partial charge in [-0.2, -0.15) is 4.98 Å². The molecule has 3 aromatic rings. The maximum Gasteiger partial charge on any atom is 0.256 e. The summed E-state index contributed by atoms with van der Waals surface area (Å²) in [7, 11) is 2.15. The van der Waals surface area contributed by atoms with Crippen molar-refractivity contribution in [2.45, 2.75) is 25.8 Å². The number of amides is 1. The third-order valence-electron chi connectivity index (χ3n) is 6.73. The molecule has 2 aliphatic heterocycles. The SMILES string of the molecule is C=CCNC(=O)c1cnc(Nc2ccc(N3CCN(C)CC3)cc2)nc1Nc1cn2c(n1)C(C)CC2. The fraction of sp³-hybridized carbons (Fsp3) is 0.385. The van der Waals surface area contributed by atoms with Gasteiger partial charge >= 0.3 is 0 Å². The molecule has 1 fully saturated rings. The number of nitrogens with one attached hydrogen (secondary N) is 3. The molecular formula is C26H33N9O. The van der Waals surface area contributed by atoms with E-state index in [9.17, 15) is 4.79 Å². The van der Waals surface area contributed by atoms with Crippen LogP contribution in [0.4, 0.5) is 29.0 Å². The predicted molar refractivity (Wildman–Crippen MR) is 143 cm³/mol. The van der Waals surface area contributed by atoms with Gasteiger partial charge in [0.2, 0.25) is 5.95 Å². The summed E-state index contributed by atoms with van der Waals surface area (Å²) in [4.78, 5) is 31.2. The number of fused-ring (bicyclic) bond motifs is 1. The first-order chi connectivity index (χ1) is 17.5. The summed E-state index contributed by atoms with van der Waals surface area (Å²) in [5, 5.41) is 9.30. The average Bonchev–Trinajstić information content (AvgIpc) is 3.44. The van der Waals surface area contributed by atoms with Gasteiger partial charge < -0.3 is 30.3 Å². The Hall–Kier alpha value is -3.92. The van der Waals surface area contributed by atoms with Crippen LogP contribution < -0.4 is 20.9 Å². The third kappa shape index (κ3) is 5.18. The number of benzene rings is 1. The van der Waals surface area contributed by atoms with Crippen LogP contribution in [0.25, 0.3) is 0 Å².